The van der Waals surface area contributed by atoms with E-state index in [1.54, 1.807) is 0 Å². The molecule has 4 nitrogen and oxygen atoms in total. The van der Waals surface area contributed by atoms with Crippen LogP contribution in [0.2, 0.25) is 0 Å². The predicted octanol–water partition coefficient (Wildman–Crippen LogP) is 3.36. The maximum atomic E-state index is 12.8. The Bertz CT molecular complexity index is 736. The number of piperazine rings is 1. The molecular weight excluding hydrogens is 334 g/mol. The van der Waals surface area contributed by atoms with Crippen LogP contribution in [0.25, 0.3) is 11.1 Å². The molecule has 2 aromatic carbocycles. The second kappa shape index (κ2) is 9.16. The molecule has 0 aromatic heterocycles. The Labute approximate surface area is 163 Å². The van der Waals surface area contributed by atoms with Gasteiger partial charge in [0.25, 0.3) is 5.91 Å². The van der Waals surface area contributed by atoms with E-state index in [2.05, 4.69) is 48.1 Å². The molecule has 1 aliphatic heterocycles. The Kier molecular flexibility index (Phi) is 6.64. The largest absolute Gasteiger partial charge is 0.350 e. The summed E-state index contributed by atoms with van der Waals surface area (Å²) in [5.41, 5.74) is 2.92. The summed E-state index contributed by atoms with van der Waals surface area (Å²) in [6.07, 6.45) is 0. The van der Waals surface area contributed by atoms with Crippen LogP contribution in [0.4, 0.5) is 0 Å². The summed E-state index contributed by atoms with van der Waals surface area (Å²) in [7, 11) is 2.17. The fourth-order valence-electron chi connectivity index (χ4n) is 3.71. The van der Waals surface area contributed by atoms with Gasteiger partial charge in [0.15, 0.2) is 0 Å². The Hall–Kier alpha value is -2.17. The van der Waals surface area contributed by atoms with Gasteiger partial charge in [-0.05, 0) is 36.2 Å². The zero-order valence-electron chi connectivity index (χ0n) is 16.7. The van der Waals surface area contributed by atoms with Gasteiger partial charge in [0.1, 0.15) is 0 Å². The topological polar surface area (TPSA) is 35.6 Å². The van der Waals surface area contributed by atoms with Crippen molar-refractivity contribution in [3.63, 3.8) is 0 Å². The van der Waals surface area contributed by atoms with Crippen molar-refractivity contribution in [3.05, 3.63) is 60.2 Å². The number of nitrogens with zero attached hydrogens (tertiary/aromatic N) is 2. The maximum absolute atomic E-state index is 12.8. The number of amides is 1. The quantitative estimate of drug-likeness (QED) is 0.853. The van der Waals surface area contributed by atoms with E-state index < -0.39 is 0 Å². The normalized spacial score (nSPS) is 17.0. The fourth-order valence-corrected chi connectivity index (χ4v) is 3.71. The molecule has 4 heteroatoms. The van der Waals surface area contributed by atoms with Crippen LogP contribution < -0.4 is 5.32 Å². The van der Waals surface area contributed by atoms with Crippen molar-refractivity contribution in [2.75, 3.05) is 39.8 Å². The van der Waals surface area contributed by atoms with Crippen molar-refractivity contribution in [2.24, 2.45) is 5.92 Å². The third kappa shape index (κ3) is 5.18. The first-order valence-corrected chi connectivity index (χ1v) is 9.91. The molecule has 0 aliphatic carbocycles. The minimum absolute atomic E-state index is 0.00700. The molecule has 0 radical (unpaired) electrons. The van der Waals surface area contributed by atoms with E-state index >= 15 is 0 Å². The van der Waals surface area contributed by atoms with Crippen LogP contribution in [-0.2, 0) is 0 Å². The van der Waals surface area contributed by atoms with E-state index in [1.165, 1.54) is 0 Å². The highest BCUT2D eigenvalue weighted by atomic mass is 16.1. The molecule has 0 bridgehead atoms. The molecule has 1 heterocycles. The summed E-state index contributed by atoms with van der Waals surface area (Å²) in [5, 5.41) is 3.17. The number of hydrogen-bond acceptors (Lipinski definition) is 3. The molecule has 1 saturated heterocycles. The minimum Gasteiger partial charge on any atom is -0.350 e. The smallest absolute Gasteiger partial charge is 0.251 e. The van der Waals surface area contributed by atoms with Crippen LogP contribution >= 0.6 is 0 Å². The molecular formula is C23H31N3O. The molecule has 1 fully saturated rings. The number of carbonyl (C=O) groups is 1. The molecule has 3 rings (SSSR count). The van der Waals surface area contributed by atoms with Crippen molar-refractivity contribution in [2.45, 2.75) is 19.9 Å². The third-order valence-corrected chi connectivity index (χ3v) is 5.48. The third-order valence-electron chi connectivity index (χ3n) is 5.48. The molecule has 1 atom stereocenters. The van der Waals surface area contributed by atoms with Crippen molar-refractivity contribution >= 4 is 5.91 Å². The maximum Gasteiger partial charge on any atom is 0.251 e. The second-order valence-corrected chi connectivity index (χ2v) is 7.81. The number of likely N-dealkylation sites (N-methyl/N-ethyl adjacent to an activating group) is 1. The summed E-state index contributed by atoms with van der Waals surface area (Å²) in [6, 6.07) is 18.4. The molecule has 1 amide bonds. The highest BCUT2D eigenvalue weighted by molar-refractivity contribution is 5.95. The summed E-state index contributed by atoms with van der Waals surface area (Å²) in [4.78, 5) is 17.6. The van der Waals surface area contributed by atoms with E-state index in [1.807, 2.05) is 42.5 Å². The zero-order chi connectivity index (χ0) is 19.2. The Morgan fingerprint density at radius 3 is 2.30 bits per heavy atom. The number of hydrogen-bond donors (Lipinski definition) is 1. The van der Waals surface area contributed by atoms with Crippen molar-refractivity contribution in [3.8, 4) is 11.1 Å². The zero-order valence-corrected chi connectivity index (χ0v) is 16.7. The van der Waals surface area contributed by atoms with Crippen molar-refractivity contribution < 1.29 is 4.79 Å². The van der Waals surface area contributed by atoms with Gasteiger partial charge in [-0.2, -0.15) is 0 Å². The fraction of sp³-hybridized carbons (Fsp3) is 0.435. The number of carbonyl (C=O) groups excluding carboxylic acids is 1. The lowest BCUT2D eigenvalue weighted by Crippen LogP contribution is -2.54. The number of nitrogens with one attached hydrogen (secondary N) is 1. The van der Waals surface area contributed by atoms with Crippen LogP contribution in [-0.4, -0.2) is 61.5 Å². The highest BCUT2D eigenvalue weighted by Gasteiger charge is 2.25. The summed E-state index contributed by atoms with van der Waals surface area (Å²) in [6.45, 7) is 9.50. The average Bonchev–Trinajstić information content (AvgIpc) is 2.70. The van der Waals surface area contributed by atoms with Gasteiger partial charge in [0.2, 0.25) is 0 Å². The van der Waals surface area contributed by atoms with Gasteiger partial charge in [0, 0.05) is 44.3 Å². The number of rotatable bonds is 6. The van der Waals surface area contributed by atoms with Crippen LogP contribution in [0.15, 0.2) is 54.6 Å². The lowest BCUT2D eigenvalue weighted by Gasteiger charge is -2.39. The number of benzene rings is 2. The first kappa shape index (κ1) is 19.6. The molecule has 144 valence electrons. The van der Waals surface area contributed by atoms with Gasteiger partial charge in [0.05, 0.1) is 0 Å². The van der Waals surface area contributed by atoms with E-state index in [-0.39, 0.29) is 5.91 Å². The van der Waals surface area contributed by atoms with Crippen molar-refractivity contribution in [1.82, 2.24) is 15.1 Å². The van der Waals surface area contributed by atoms with E-state index in [9.17, 15) is 4.79 Å². The van der Waals surface area contributed by atoms with Gasteiger partial charge in [-0.15, -0.1) is 0 Å². The monoisotopic (exact) mass is 365 g/mol. The van der Waals surface area contributed by atoms with Crippen LogP contribution in [0.1, 0.15) is 24.2 Å². The molecule has 1 N–H and O–H groups in total. The van der Waals surface area contributed by atoms with Crippen LogP contribution in [0, 0.1) is 5.92 Å². The van der Waals surface area contributed by atoms with E-state index in [4.69, 9.17) is 0 Å². The van der Waals surface area contributed by atoms with E-state index in [0.29, 0.717) is 18.5 Å². The first-order valence-electron chi connectivity index (χ1n) is 9.91. The molecule has 1 unspecified atom stereocenters. The lowest BCUT2D eigenvalue weighted by atomic mass is 10.0. The standard InChI is InChI=1S/C23H31N3O/c1-18(2)22(26-14-12-25(3)13-15-26)17-24-23(27)21-11-7-10-20(16-21)19-8-5-4-6-9-19/h4-11,16,18,22H,12-15,17H2,1-3H3,(H,24,27). The minimum atomic E-state index is 0.00700. The van der Waals surface area contributed by atoms with Gasteiger partial charge in [-0.25, -0.2) is 0 Å². The summed E-state index contributed by atoms with van der Waals surface area (Å²) >= 11 is 0. The Morgan fingerprint density at radius 1 is 0.963 bits per heavy atom. The van der Waals surface area contributed by atoms with Gasteiger partial charge in [-0.1, -0.05) is 56.3 Å². The van der Waals surface area contributed by atoms with Crippen molar-refractivity contribution in [1.29, 1.82) is 0 Å². The van der Waals surface area contributed by atoms with Gasteiger partial charge < -0.3 is 10.2 Å². The predicted molar refractivity (Wildman–Crippen MR) is 112 cm³/mol. The molecule has 0 spiro atoms. The summed E-state index contributed by atoms with van der Waals surface area (Å²) in [5.74, 6) is 0.511. The highest BCUT2D eigenvalue weighted by Crippen LogP contribution is 2.20. The van der Waals surface area contributed by atoms with Crippen LogP contribution in [0.5, 0.6) is 0 Å². The van der Waals surface area contributed by atoms with E-state index in [0.717, 1.165) is 42.9 Å². The molecule has 2 aromatic rings. The van der Waals surface area contributed by atoms with Gasteiger partial charge >= 0.3 is 0 Å². The first-order chi connectivity index (χ1) is 13.0. The molecule has 0 saturated carbocycles. The lowest BCUT2D eigenvalue weighted by molar-refractivity contribution is 0.0791. The molecule has 27 heavy (non-hydrogen) atoms. The second-order valence-electron chi connectivity index (χ2n) is 7.81. The SMILES string of the molecule is CC(C)C(CNC(=O)c1cccc(-c2ccccc2)c1)N1CCN(C)CC1. The van der Waals surface area contributed by atoms with Gasteiger partial charge in [-0.3, -0.25) is 9.69 Å². The van der Waals surface area contributed by atoms with Crippen LogP contribution in [0.3, 0.4) is 0 Å². The average molecular weight is 366 g/mol. The Balaban J connectivity index is 1.64. The Morgan fingerprint density at radius 2 is 1.63 bits per heavy atom. The summed E-state index contributed by atoms with van der Waals surface area (Å²) < 4.78 is 0. The molecule has 1 aliphatic rings.